The summed E-state index contributed by atoms with van der Waals surface area (Å²) in [5.74, 6) is -0.380. The number of carbonyl (C=O) groups excluding carboxylic acids is 2. The van der Waals surface area contributed by atoms with E-state index >= 15 is 0 Å². The van der Waals surface area contributed by atoms with Gasteiger partial charge in [-0.05, 0) is 76.3 Å². The molecule has 0 fully saturated rings. The van der Waals surface area contributed by atoms with Gasteiger partial charge in [-0.3, -0.25) is 13.9 Å². The highest BCUT2D eigenvalue weighted by molar-refractivity contribution is 7.92. The molecule has 2 rings (SSSR count). The number of hydrogen-bond donors (Lipinski definition) is 1. The van der Waals surface area contributed by atoms with Crippen molar-refractivity contribution in [1.82, 2.24) is 10.2 Å². The van der Waals surface area contributed by atoms with Gasteiger partial charge < -0.3 is 10.2 Å². The average molecular weight is 516 g/mol. The molecule has 0 aliphatic heterocycles. The normalized spacial score (nSPS) is 13.1. The molecule has 0 aromatic heterocycles. The third kappa shape index (κ3) is 8.66. The Morgan fingerprint density at radius 1 is 0.944 bits per heavy atom. The van der Waals surface area contributed by atoms with Gasteiger partial charge in [0, 0.05) is 25.6 Å². The Labute approximate surface area is 216 Å². The first-order valence-electron chi connectivity index (χ1n) is 12.5. The van der Waals surface area contributed by atoms with Gasteiger partial charge >= 0.3 is 0 Å². The molecule has 2 aromatic carbocycles. The summed E-state index contributed by atoms with van der Waals surface area (Å²) in [5.41, 5.74) is 4.59. The topological polar surface area (TPSA) is 86.8 Å². The number of nitrogens with one attached hydrogen (secondary N) is 1. The van der Waals surface area contributed by atoms with Crippen LogP contribution in [-0.2, 0) is 26.2 Å². The minimum absolute atomic E-state index is 0.0115. The minimum atomic E-state index is -3.52. The monoisotopic (exact) mass is 515 g/mol. The van der Waals surface area contributed by atoms with E-state index in [2.05, 4.69) is 5.32 Å². The molecule has 0 heterocycles. The lowest BCUT2D eigenvalue weighted by Gasteiger charge is -2.30. The molecule has 0 spiro atoms. The lowest BCUT2D eigenvalue weighted by Crippen LogP contribution is -2.49. The third-order valence-electron chi connectivity index (χ3n) is 6.29. The molecule has 36 heavy (non-hydrogen) atoms. The zero-order valence-corrected chi connectivity index (χ0v) is 23.5. The van der Waals surface area contributed by atoms with E-state index in [4.69, 9.17) is 0 Å². The SMILES string of the molecule is CC[C@H](C)NC(=O)[C@@H](C)N(Cc1ccc(C)cc1)C(=O)CCCN(c1cc(C)cc(C)c1)S(C)(=O)=O. The molecule has 2 amide bonds. The molecule has 0 radical (unpaired) electrons. The Hall–Kier alpha value is -2.87. The fourth-order valence-electron chi connectivity index (χ4n) is 4.04. The van der Waals surface area contributed by atoms with Crippen LogP contribution in [0.25, 0.3) is 0 Å². The highest BCUT2D eigenvalue weighted by Crippen LogP contribution is 2.22. The van der Waals surface area contributed by atoms with Gasteiger partial charge in [-0.15, -0.1) is 0 Å². The zero-order valence-electron chi connectivity index (χ0n) is 22.7. The molecule has 2 aromatic rings. The standard InChI is InChI=1S/C28H41N3O4S/c1-8-23(5)29-28(33)24(6)30(19-25-13-11-20(2)12-14-25)27(32)10-9-15-31(36(7,34)35)26-17-21(3)16-22(4)18-26/h11-14,16-18,23-24H,8-10,15,19H2,1-7H3,(H,29,33)/t23-,24+/m0/s1. The molecule has 7 nitrogen and oxygen atoms in total. The predicted molar refractivity (Wildman–Crippen MR) is 146 cm³/mol. The van der Waals surface area contributed by atoms with Crippen LogP contribution < -0.4 is 9.62 Å². The number of sulfonamides is 1. The lowest BCUT2D eigenvalue weighted by molar-refractivity contribution is -0.140. The Balaban J connectivity index is 2.19. The van der Waals surface area contributed by atoms with E-state index < -0.39 is 16.1 Å². The number of benzene rings is 2. The Morgan fingerprint density at radius 2 is 1.53 bits per heavy atom. The fraction of sp³-hybridized carbons (Fsp3) is 0.500. The molecule has 0 aliphatic carbocycles. The van der Waals surface area contributed by atoms with Gasteiger partial charge in [0.2, 0.25) is 21.8 Å². The van der Waals surface area contributed by atoms with Crippen LogP contribution in [0.4, 0.5) is 5.69 Å². The van der Waals surface area contributed by atoms with E-state index in [9.17, 15) is 18.0 Å². The molecular weight excluding hydrogens is 474 g/mol. The third-order valence-corrected chi connectivity index (χ3v) is 7.48. The number of rotatable bonds is 12. The van der Waals surface area contributed by atoms with Crippen LogP contribution in [0.5, 0.6) is 0 Å². The van der Waals surface area contributed by atoms with Crippen molar-refractivity contribution in [3.63, 3.8) is 0 Å². The zero-order chi connectivity index (χ0) is 27.0. The van der Waals surface area contributed by atoms with Crippen LogP contribution in [0, 0.1) is 20.8 Å². The summed E-state index contributed by atoms with van der Waals surface area (Å²) >= 11 is 0. The lowest BCUT2D eigenvalue weighted by atomic mass is 10.1. The first-order chi connectivity index (χ1) is 16.8. The van der Waals surface area contributed by atoms with Gasteiger partial charge in [-0.2, -0.15) is 0 Å². The number of aryl methyl sites for hydroxylation is 3. The van der Waals surface area contributed by atoms with E-state index in [0.717, 1.165) is 28.7 Å². The molecule has 0 aliphatic rings. The van der Waals surface area contributed by atoms with Gasteiger partial charge in [0.05, 0.1) is 11.9 Å². The number of anilines is 1. The molecule has 2 atom stereocenters. The molecule has 8 heteroatoms. The second-order valence-corrected chi connectivity index (χ2v) is 11.7. The van der Waals surface area contributed by atoms with Crippen molar-refractivity contribution in [3.8, 4) is 0 Å². The van der Waals surface area contributed by atoms with Crippen molar-refractivity contribution in [2.45, 2.75) is 79.4 Å². The highest BCUT2D eigenvalue weighted by atomic mass is 32.2. The van der Waals surface area contributed by atoms with Crippen molar-refractivity contribution in [2.75, 3.05) is 17.1 Å². The molecule has 198 valence electrons. The quantitative estimate of drug-likeness (QED) is 0.451. The van der Waals surface area contributed by atoms with Crippen LogP contribution in [-0.4, -0.2) is 50.0 Å². The van der Waals surface area contributed by atoms with Gasteiger partial charge in [0.25, 0.3) is 0 Å². The van der Waals surface area contributed by atoms with Gasteiger partial charge in [0.1, 0.15) is 6.04 Å². The second kappa shape index (κ2) is 12.9. The van der Waals surface area contributed by atoms with E-state index in [1.807, 2.05) is 77.1 Å². The Kier molecular flexibility index (Phi) is 10.5. The minimum Gasteiger partial charge on any atom is -0.352 e. The number of nitrogens with zero attached hydrogens (tertiary/aromatic N) is 2. The van der Waals surface area contributed by atoms with Crippen molar-refractivity contribution in [2.24, 2.45) is 0 Å². The van der Waals surface area contributed by atoms with Crippen LogP contribution in [0.3, 0.4) is 0 Å². The molecule has 1 N–H and O–H groups in total. The first-order valence-corrected chi connectivity index (χ1v) is 14.4. The summed E-state index contributed by atoms with van der Waals surface area (Å²) in [6, 6.07) is 12.9. The van der Waals surface area contributed by atoms with E-state index in [0.29, 0.717) is 18.7 Å². The van der Waals surface area contributed by atoms with Crippen molar-refractivity contribution < 1.29 is 18.0 Å². The Bertz CT molecular complexity index is 1130. The first kappa shape index (κ1) is 29.4. The Morgan fingerprint density at radius 3 is 2.06 bits per heavy atom. The second-order valence-electron chi connectivity index (χ2n) is 9.79. The largest absolute Gasteiger partial charge is 0.352 e. The summed E-state index contributed by atoms with van der Waals surface area (Å²) in [6.07, 6.45) is 2.44. The summed E-state index contributed by atoms with van der Waals surface area (Å²) in [6.45, 7) is 12.0. The smallest absolute Gasteiger partial charge is 0.242 e. The van der Waals surface area contributed by atoms with Crippen LogP contribution in [0.1, 0.15) is 62.3 Å². The van der Waals surface area contributed by atoms with Crippen LogP contribution in [0.15, 0.2) is 42.5 Å². The number of amides is 2. The molecular formula is C28H41N3O4S. The van der Waals surface area contributed by atoms with E-state index in [-0.39, 0.29) is 30.8 Å². The van der Waals surface area contributed by atoms with Gasteiger partial charge in [-0.25, -0.2) is 8.42 Å². The summed E-state index contributed by atoms with van der Waals surface area (Å²) in [5, 5.41) is 2.97. The van der Waals surface area contributed by atoms with Crippen molar-refractivity contribution >= 4 is 27.5 Å². The molecule has 0 bridgehead atoms. The van der Waals surface area contributed by atoms with Crippen LogP contribution in [0.2, 0.25) is 0 Å². The van der Waals surface area contributed by atoms with E-state index in [1.165, 1.54) is 10.6 Å². The maximum Gasteiger partial charge on any atom is 0.242 e. The highest BCUT2D eigenvalue weighted by Gasteiger charge is 2.27. The number of hydrogen-bond acceptors (Lipinski definition) is 4. The maximum atomic E-state index is 13.4. The van der Waals surface area contributed by atoms with E-state index in [1.54, 1.807) is 11.8 Å². The summed E-state index contributed by atoms with van der Waals surface area (Å²) in [7, 11) is -3.52. The molecule has 0 unspecified atom stereocenters. The molecule has 0 saturated carbocycles. The fourth-order valence-corrected chi connectivity index (χ4v) is 4.99. The maximum absolute atomic E-state index is 13.4. The van der Waals surface area contributed by atoms with Gasteiger partial charge in [0.15, 0.2) is 0 Å². The van der Waals surface area contributed by atoms with Crippen molar-refractivity contribution in [3.05, 3.63) is 64.7 Å². The summed E-state index contributed by atoms with van der Waals surface area (Å²) < 4.78 is 26.4. The van der Waals surface area contributed by atoms with Crippen LogP contribution >= 0.6 is 0 Å². The number of carbonyl (C=O) groups is 2. The average Bonchev–Trinajstić information content (AvgIpc) is 2.79. The van der Waals surface area contributed by atoms with Crippen molar-refractivity contribution in [1.29, 1.82) is 0 Å². The predicted octanol–water partition coefficient (Wildman–Crippen LogP) is 4.49. The van der Waals surface area contributed by atoms with Gasteiger partial charge in [-0.1, -0.05) is 42.8 Å². The molecule has 0 saturated heterocycles. The summed E-state index contributed by atoms with van der Waals surface area (Å²) in [4.78, 5) is 27.8.